The fourth-order valence-corrected chi connectivity index (χ4v) is 3.76. The lowest BCUT2D eigenvalue weighted by Crippen LogP contribution is -2.36. The summed E-state index contributed by atoms with van der Waals surface area (Å²) in [6, 6.07) is 7.55. The Kier molecular flexibility index (Phi) is 6.12. The van der Waals surface area contributed by atoms with Gasteiger partial charge < -0.3 is 10.6 Å². The molecule has 0 bridgehead atoms. The molecule has 3 atom stereocenters. The zero-order valence-corrected chi connectivity index (χ0v) is 15.2. The maximum atomic E-state index is 6.18. The minimum atomic E-state index is 0.253. The SMILES string of the molecule is CCC(N)Cc1ccc(Br)cc1N(C)C1CCCC(C)C1. The number of halogens is 1. The van der Waals surface area contributed by atoms with Crippen molar-refractivity contribution in [3.05, 3.63) is 28.2 Å². The summed E-state index contributed by atoms with van der Waals surface area (Å²) in [6.07, 6.45) is 7.35. The van der Waals surface area contributed by atoms with E-state index in [9.17, 15) is 0 Å². The first-order valence-corrected chi connectivity index (χ1v) is 9.07. The molecular formula is C18H29BrN2. The van der Waals surface area contributed by atoms with Gasteiger partial charge in [0.25, 0.3) is 0 Å². The zero-order chi connectivity index (χ0) is 15.4. The molecule has 2 nitrogen and oxygen atoms in total. The average molecular weight is 353 g/mol. The van der Waals surface area contributed by atoms with Crippen molar-refractivity contribution in [1.29, 1.82) is 0 Å². The quantitative estimate of drug-likeness (QED) is 0.828. The molecule has 1 fully saturated rings. The second kappa shape index (κ2) is 7.64. The molecular weight excluding hydrogens is 324 g/mol. The number of nitrogens with two attached hydrogens (primary N) is 1. The summed E-state index contributed by atoms with van der Waals surface area (Å²) in [4.78, 5) is 2.50. The molecule has 1 saturated carbocycles. The molecule has 21 heavy (non-hydrogen) atoms. The van der Waals surface area contributed by atoms with E-state index < -0.39 is 0 Å². The highest BCUT2D eigenvalue weighted by Gasteiger charge is 2.24. The smallest absolute Gasteiger partial charge is 0.0410 e. The van der Waals surface area contributed by atoms with Gasteiger partial charge in [-0.15, -0.1) is 0 Å². The minimum Gasteiger partial charge on any atom is -0.371 e. The molecule has 0 saturated heterocycles. The van der Waals surface area contributed by atoms with Crippen molar-refractivity contribution in [2.75, 3.05) is 11.9 Å². The van der Waals surface area contributed by atoms with E-state index in [1.54, 1.807) is 0 Å². The second-order valence-electron chi connectivity index (χ2n) is 6.68. The fourth-order valence-electron chi connectivity index (χ4n) is 3.42. The molecule has 0 heterocycles. The average Bonchev–Trinajstić information content (AvgIpc) is 2.48. The Hall–Kier alpha value is -0.540. The van der Waals surface area contributed by atoms with E-state index in [0.29, 0.717) is 6.04 Å². The van der Waals surface area contributed by atoms with Crippen molar-refractivity contribution in [3.8, 4) is 0 Å². The first kappa shape index (κ1) is 16.8. The molecule has 2 N–H and O–H groups in total. The lowest BCUT2D eigenvalue weighted by Gasteiger charge is -2.37. The van der Waals surface area contributed by atoms with Crippen LogP contribution in [0.3, 0.4) is 0 Å². The van der Waals surface area contributed by atoms with Crippen LogP contribution in [0, 0.1) is 5.92 Å². The Labute approximate surface area is 138 Å². The molecule has 3 heteroatoms. The Balaban J connectivity index is 2.21. The van der Waals surface area contributed by atoms with Crippen LogP contribution in [0.4, 0.5) is 5.69 Å². The van der Waals surface area contributed by atoms with Gasteiger partial charge in [-0.3, -0.25) is 0 Å². The summed E-state index contributed by atoms with van der Waals surface area (Å²) in [5.41, 5.74) is 8.92. The van der Waals surface area contributed by atoms with E-state index in [1.807, 2.05) is 0 Å². The van der Waals surface area contributed by atoms with Gasteiger partial charge in [-0.1, -0.05) is 48.7 Å². The summed E-state index contributed by atoms with van der Waals surface area (Å²) >= 11 is 3.63. The lowest BCUT2D eigenvalue weighted by molar-refractivity contribution is 0.336. The Morgan fingerprint density at radius 2 is 2.14 bits per heavy atom. The second-order valence-corrected chi connectivity index (χ2v) is 7.60. The Bertz CT molecular complexity index is 461. The molecule has 0 aromatic heterocycles. The van der Waals surface area contributed by atoms with E-state index in [1.165, 1.54) is 36.9 Å². The molecule has 1 aliphatic carbocycles. The number of nitrogens with zero attached hydrogens (tertiary/aromatic N) is 1. The van der Waals surface area contributed by atoms with Crippen LogP contribution in [-0.4, -0.2) is 19.1 Å². The molecule has 0 spiro atoms. The number of benzene rings is 1. The van der Waals surface area contributed by atoms with Gasteiger partial charge in [0, 0.05) is 29.3 Å². The molecule has 0 amide bonds. The molecule has 1 aromatic rings. The number of hydrogen-bond acceptors (Lipinski definition) is 2. The van der Waals surface area contributed by atoms with Crippen LogP contribution in [0.5, 0.6) is 0 Å². The monoisotopic (exact) mass is 352 g/mol. The third-order valence-corrected chi connectivity index (χ3v) is 5.38. The van der Waals surface area contributed by atoms with E-state index in [0.717, 1.165) is 23.2 Å². The summed E-state index contributed by atoms with van der Waals surface area (Å²) in [5, 5.41) is 0. The summed E-state index contributed by atoms with van der Waals surface area (Å²) in [5.74, 6) is 0.847. The van der Waals surface area contributed by atoms with E-state index in [-0.39, 0.29) is 6.04 Å². The van der Waals surface area contributed by atoms with Gasteiger partial charge in [0.15, 0.2) is 0 Å². The van der Waals surface area contributed by atoms with Gasteiger partial charge in [-0.25, -0.2) is 0 Å². The van der Waals surface area contributed by atoms with Crippen LogP contribution in [0.15, 0.2) is 22.7 Å². The maximum Gasteiger partial charge on any atom is 0.0410 e. The van der Waals surface area contributed by atoms with E-state index in [4.69, 9.17) is 5.73 Å². The first-order chi connectivity index (χ1) is 10.0. The Morgan fingerprint density at radius 1 is 1.38 bits per heavy atom. The van der Waals surface area contributed by atoms with Gasteiger partial charge >= 0.3 is 0 Å². The van der Waals surface area contributed by atoms with Crippen LogP contribution in [0.1, 0.15) is 51.5 Å². The van der Waals surface area contributed by atoms with Crippen molar-refractivity contribution >= 4 is 21.6 Å². The predicted molar refractivity (Wildman–Crippen MR) is 95.9 cm³/mol. The van der Waals surface area contributed by atoms with Gasteiger partial charge in [-0.05, 0) is 49.3 Å². The molecule has 1 aliphatic rings. The van der Waals surface area contributed by atoms with Crippen molar-refractivity contribution in [1.82, 2.24) is 0 Å². The van der Waals surface area contributed by atoms with Crippen LogP contribution in [0.25, 0.3) is 0 Å². The van der Waals surface area contributed by atoms with E-state index >= 15 is 0 Å². The third kappa shape index (κ3) is 4.46. The van der Waals surface area contributed by atoms with Crippen LogP contribution < -0.4 is 10.6 Å². The first-order valence-electron chi connectivity index (χ1n) is 8.28. The predicted octanol–water partition coefficient (Wildman–Crippen LogP) is 4.74. The number of rotatable bonds is 5. The summed E-state index contributed by atoms with van der Waals surface area (Å²) in [7, 11) is 2.26. The standard InChI is InChI=1S/C18H29BrN2/c1-4-16(20)11-14-8-9-15(19)12-18(14)21(3)17-7-5-6-13(2)10-17/h8-9,12-13,16-17H,4-7,10-11,20H2,1-3H3. The summed E-state index contributed by atoms with van der Waals surface area (Å²) < 4.78 is 1.15. The van der Waals surface area contributed by atoms with Gasteiger partial charge in [0.05, 0.1) is 0 Å². The highest BCUT2D eigenvalue weighted by molar-refractivity contribution is 9.10. The largest absolute Gasteiger partial charge is 0.371 e. The molecule has 3 unspecified atom stereocenters. The van der Waals surface area contributed by atoms with Crippen molar-refractivity contribution in [2.45, 2.75) is 64.5 Å². The van der Waals surface area contributed by atoms with Crippen LogP contribution in [0.2, 0.25) is 0 Å². The number of hydrogen-bond donors (Lipinski definition) is 1. The third-order valence-electron chi connectivity index (χ3n) is 4.89. The molecule has 0 radical (unpaired) electrons. The normalized spacial score (nSPS) is 23.9. The molecule has 1 aromatic carbocycles. The van der Waals surface area contributed by atoms with Gasteiger partial charge in [-0.2, -0.15) is 0 Å². The number of anilines is 1. The molecule has 118 valence electrons. The Morgan fingerprint density at radius 3 is 2.81 bits per heavy atom. The van der Waals surface area contributed by atoms with E-state index in [2.05, 4.69) is 59.9 Å². The van der Waals surface area contributed by atoms with Gasteiger partial charge in [0.1, 0.15) is 0 Å². The minimum absolute atomic E-state index is 0.253. The van der Waals surface area contributed by atoms with Crippen molar-refractivity contribution in [2.24, 2.45) is 11.7 Å². The fraction of sp³-hybridized carbons (Fsp3) is 0.667. The zero-order valence-electron chi connectivity index (χ0n) is 13.6. The van der Waals surface area contributed by atoms with Gasteiger partial charge in [0.2, 0.25) is 0 Å². The van der Waals surface area contributed by atoms with Crippen molar-refractivity contribution < 1.29 is 0 Å². The molecule has 0 aliphatic heterocycles. The van der Waals surface area contributed by atoms with Crippen LogP contribution in [-0.2, 0) is 6.42 Å². The van der Waals surface area contributed by atoms with Crippen molar-refractivity contribution in [3.63, 3.8) is 0 Å². The highest BCUT2D eigenvalue weighted by atomic mass is 79.9. The lowest BCUT2D eigenvalue weighted by atomic mass is 9.86. The summed E-state index contributed by atoms with van der Waals surface area (Å²) in [6.45, 7) is 4.55. The maximum absolute atomic E-state index is 6.18. The topological polar surface area (TPSA) is 29.3 Å². The molecule has 2 rings (SSSR count). The highest BCUT2D eigenvalue weighted by Crippen LogP contribution is 2.33. The van der Waals surface area contributed by atoms with Crippen LogP contribution >= 0.6 is 15.9 Å².